The van der Waals surface area contributed by atoms with Crippen molar-refractivity contribution in [2.75, 3.05) is 0 Å². The predicted molar refractivity (Wildman–Crippen MR) is 65.7 cm³/mol. The van der Waals surface area contributed by atoms with Crippen molar-refractivity contribution in [2.24, 2.45) is 0 Å². The Labute approximate surface area is 104 Å². The molecule has 1 nitrogen and oxygen atoms in total. The molecule has 0 unspecified atom stereocenters. The number of hydrogen-bond donors (Lipinski definition) is 0. The third-order valence-corrected chi connectivity index (χ3v) is 2.81. The first kappa shape index (κ1) is 12.4. The number of rotatable bonds is 2. The molecule has 0 amide bonds. The average molecular weight is 246 g/mol. The van der Waals surface area contributed by atoms with Gasteiger partial charge in [0.1, 0.15) is 11.6 Å². The molecule has 0 heterocycles. The van der Waals surface area contributed by atoms with Crippen molar-refractivity contribution in [1.29, 1.82) is 0 Å². The van der Waals surface area contributed by atoms with Gasteiger partial charge in [-0.1, -0.05) is 29.8 Å². The van der Waals surface area contributed by atoms with Gasteiger partial charge >= 0.3 is 0 Å². The van der Waals surface area contributed by atoms with E-state index in [0.717, 1.165) is 11.6 Å². The van der Waals surface area contributed by atoms with E-state index in [-0.39, 0.29) is 11.1 Å². The second kappa shape index (κ2) is 4.69. The first-order chi connectivity index (χ1) is 8.49. The maximum absolute atomic E-state index is 13.6. The van der Waals surface area contributed by atoms with Gasteiger partial charge in [0.25, 0.3) is 0 Å². The highest BCUT2D eigenvalue weighted by molar-refractivity contribution is 6.09. The number of carbonyl (C=O) groups is 1. The number of hydrogen-bond acceptors (Lipinski definition) is 1. The summed E-state index contributed by atoms with van der Waals surface area (Å²) in [7, 11) is 0. The molecule has 0 aromatic heterocycles. The second-order valence-corrected chi connectivity index (χ2v) is 4.28. The molecule has 0 aliphatic carbocycles. The molecule has 0 spiro atoms. The van der Waals surface area contributed by atoms with Gasteiger partial charge in [0, 0.05) is 11.6 Å². The number of aryl methyl sites for hydroxylation is 2. The average Bonchev–Trinajstić information content (AvgIpc) is 2.34. The van der Waals surface area contributed by atoms with Crippen LogP contribution in [0.25, 0.3) is 0 Å². The van der Waals surface area contributed by atoms with Gasteiger partial charge in [0.05, 0.1) is 5.56 Å². The molecule has 0 atom stereocenters. The lowest BCUT2D eigenvalue weighted by Gasteiger charge is -2.05. The van der Waals surface area contributed by atoms with E-state index in [2.05, 4.69) is 0 Å². The fraction of sp³-hybridized carbons (Fsp3) is 0.133. The summed E-state index contributed by atoms with van der Waals surface area (Å²) in [6.45, 7) is 3.40. The Bertz CT molecular complexity index is 601. The van der Waals surface area contributed by atoms with Gasteiger partial charge in [-0.3, -0.25) is 4.79 Å². The monoisotopic (exact) mass is 246 g/mol. The molecule has 0 radical (unpaired) electrons. The van der Waals surface area contributed by atoms with Crippen molar-refractivity contribution < 1.29 is 13.6 Å². The van der Waals surface area contributed by atoms with E-state index in [0.29, 0.717) is 5.56 Å². The van der Waals surface area contributed by atoms with E-state index < -0.39 is 17.4 Å². The van der Waals surface area contributed by atoms with E-state index in [9.17, 15) is 13.6 Å². The standard InChI is InChI=1S/C15H12F2O/c1-9-3-5-11(6-4-9)15(18)12-7-10(2)13(16)8-14(12)17/h3-8H,1-2H3. The Morgan fingerprint density at radius 1 is 0.944 bits per heavy atom. The van der Waals surface area contributed by atoms with Crippen LogP contribution in [0.5, 0.6) is 0 Å². The molecule has 92 valence electrons. The molecule has 18 heavy (non-hydrogen) atoms. The summed E-state index contributed by atoms with van der Waals surface area (Å²) < 4.78 is 26.7. The Balaban J connectivity index is 2.46. The fourth-order valence-corrected chi connectivity index (χ4v) is 1.69. The summed E-state index contributed by atoms with van der Waals surface area (Å²) in [5.74, 6) is -1.91. The molecule has 0 aliphatic rings. The molecule has 2 aromatic carbocycles. The molecule has 0 N–H and O–H groups in total. The van der Waals surface area contributed by atoms with Crippen molar-refractivity contribution in [3.8, 4) is 0 Å². The third-order valence-electron chi connectivity index (χ3n) is 2.81. The van der Waals surface area contributed by atoms with Gasteiger partial charge in [-0.25, -0.2) is 8.78 Å². The second-order valence-electron chi connectivity index (χ2n) is 4.28. The highest BCUT2D eigenvalue weighted by atomic mass is 19.1. The Hall–Kier alpha value is -2.03. The molecule has 0 fully saturated rings. The minimum absolute atomic E-state index is 0.0993. The van der Waals surface area contributed by atoms with Crippen LogP contribution in [0.2, 0.25) is 0 Å². The van der Waals surface area contributed by atoms with Crippen LogP contribution < -0.4 is 0 Å². The lowest BCUT2D eigenvalue weighted by atomic mass is 10.00. The highest BCUT2D eigenvalue weighted by Gasteiger charge is 2.16. The molecule has 0 saturated carbocycles. The topological polar surface area (TPSA) is 17.1 Å². The van der Waals surface area contributed by atoms with Crippen molar-refractivity contribution in [3.05, 3.63) is 70.3 Å². The van der Waals surface area contributed by atoms with Crippen LogP contribution in [0.3, 0.4) is 0 Å². The van der Waals surface area contributed by atoms with Gasteiger partial charge < -0.3 is 0 Å². The number of halogens is 2. The lowest BCUT2D eigenvalue weighted by molar-refractivity contribution is 0.103. The van der Waals surface area contributed by atoms with E-state index in [1.54, 1.807) is 24.3 Å². The van der Waals surface area contributed by atoms with Gasteiger partial charge in [0.2, 0.25) is 0 Å². The van der Waals surface area contributed by atoms with Gasteiger partial charge in [-0.15, -0.1) is 0 Å². The summed E-state index contributed by atoms with van der Waals surface area (Å²) in [4.78, 5) is 12.1. The van der Waals surface area contributed by atoms with Crippen LogP contribution in [0.15, 0.2) is 36.4 Å². The summed E-state index contributed by atoms with van der Waals surface area (Å²) in [6.07, 6.45) is 0. The zero-order valence-corrected chi connectivity index (χ0v) is 10.1. The van der Waals surface area contributed by atoms with Crippen molar-refractivity contribution in [1.82, 2.24) is 0 Å². The SMILES string of the molecule is Cc1ccc(C(=O)c2cc(C)c(F)cc2F)cc1. The smallest absolute Gasteiger partial charge is 0.195 e. The zero-order valence-electron chi connectivity index (χ0n) is 10.1. The predicted octanol–water partition coefficient (Wildman–Crippen LogP) is 3.81. The summed E-state index contributed by atoms with van der Waals surface area (Å²) >= 11 is 0. The maximum Gasteiger partial charge on any atom is 0.195 e. The number of ketones is 1. The molecular formula is C15H12F2O. The molecule has 0 aliphatic heterocycles. The normalized spacial score (nSPS) is 10.4. The van der Waals surface area contributed by atoms with Gasteiger partial charge in [0.15, 0.2) is 5.78 Å². The van der Waals surface area contributed by atoms with Crippen LogP contribution in [0, 0.1) is 25.5 Å². The lowest BCUT2D eigenvalue weighted by Crippen LogP contribution is -2.05. The first-order valence-corrected chi connectivity index (χ1v) is 5.56. The summed E-state index contributed by atoms with van der Waals surface area (Å²) in [5, 5.41) is 0. The van der Waals surface area contributed by atoms with Crippen LogP contribution in [0.1, 0.15) is 27.0 Å². The van der Waals surface area contributed by atoms with Crippen molar-refractivity contribution in [3.63, 3.8) is 0 Å². The highest BCUT2D eigenvalue weighted by Crippen LogP contribution is 2.18. The Kier molecular flexibility index (Phi) is 3.24. The maximum atomic E-state index is 13.6. The molecule has 3 heteroatoms. The zero-order chi connectivity index (χ0) is 13.3. The Morgan fingerprint density at radius 2 is 1.56 bits per heavy atom. The van der Waals surface area contributed by atoms with Crippen molar-refractivity contribution >= 4 is 5.78 Å². The van der Waals surface area contributed by atoms with Crippen LogP contribution >= 0.6 is 0 Å². The summed E-state index contributed by atoms with van der Waals surface area (Å²) in [5.41, 5.74) is 1.57. The summed E-state index contributed by atoms with van der Waals surface area (Å²) in [6, 6.07) is 8.82. The molecule has 0 saturated heterocycles. The van der Waals surface area contributed by atoms with Gasteiger partial charge in [-0.2, -0.15) is 0 Å². The van der Waals surface area contributed by atoms with E-state index >= 15 is 0 Å². The van der Waals surface area contributed by atoms with Crippen molar-refractivity contribution in [2.45, 2.75) is 13.8 Å². The number of benzene rings is 2. The molecule has 2 rings (SSSR count). The molecule has 2 aromatic rings. The van der Waals surface area contributed by atoms with Crippen LogP contribution in [-0.2, 0) is 0 Å². The molecule has 0 bridgehead atoms. The fourth-order valence-electron chi connectivity index (χ4n) is 1.69. The van der Waals surface area contributed by atoms with E-state index in [1.165, 1.54) is 13.0 Å². The largest absolute Gasteiger partial charge is 0.288 e. The third kappa shape index (κ3) is 2.30. The minimum Gasteiger partial charge on any atom is -0.288 e. The van der Waals surface area contributed by atoms with Gasteiger partial charge in [-0.05, 0) is 25.5 Å². The minimum atomic E-state index is -0.830. The first-order valence-electron chi connectivity index (χ1n) is 5.56. The number of carbonyl (C=O) groups excluding carboxylic acids is 1. The van der Waals surface area contributed by atoms with E-state index in [1.807, 2.05) is 6.92 Å². The Morgan fingerprint density at radius 3 is 2.17 bits per heavy atom. The van der Waals surface area contributed by atoms with Crippen LogP contribution in [-0.4, -0.2) is 5.78 Å². The van der Waals surface area contributed by atoms with Crippen LogP contribution in [0.4, 0.5) is 8.78 Å². The van der Waals surface area contributed by atoms with E-state index in [4.69, 9.17) is 0 Å². The quantitative estimate of drug-likeness (QED) is 0.736. The molecular weight excluding hydrogens is 234 g/mol.